The molecule has 6 atom stereocenters. The zero-order chi connectivity index (χ0) is 31.0. The van der Waals surface area contributed by atoms with E-state index >= 15 is 0 Å². The average molecular weight is 627 g/mol. The molecular weight excluding hydrogens is 588 g/mol. The molecule has 4 bridgehead atoms. The number of rotatable bonds is 4. The molecule has 6 heterocycles. The topological polar surface area (TPSA) is 127 Å². The Kier molecular flexibility index (Phi) is 7.29. The first-order chi connectivity index (χ1) is 21.2. The van der Waals surface area contributed by atoms with E-state index in [1.54, 1.807) is 7.11 Å². The van der Waals surface area contributed by atoms with Gasteiger partial charge in [0.2, 0.25) is 12.9 Å². The Morgan fingerprint density at radius 1 is 1.11 bits per heavy atom. The van der Waals surface area contributed by atoms with E-state index in [1.807, 2.05) is 20.8 Å². The molecule has 1 unspecified atom stereocenters. The van der Waals surface area contributed by atoms with Gasteiger partial charge < -0.3 is 33.9 Å². The van der Waals surface area contributed by atoms with E-state index in [1.165, 1.54) is 11.8 Å². The summed E-state index contributed by atoms with van der Waals surface area (Å²) in [5.74, 6) is 0.856. The van der Waals surface area contributed by atoms with Crippen molar-refractivity contribution >= 4 is 23.7 Å². The Morgan fingerprint density at radius 3 is 2.64 bits per heavy atom. The molecule has 8 rings (SSSR count). The number of methoxy groups -OCH3 is 1. The first-order valence-electron chi connectivity index (χ1n) is 15.2. The number of carbonyl (C=O) groups excluding carboxylic acids is 2. The van der Waals surface area contributed by atoms with Crippen molar-refractivity contribution in [1.82, 2.24) is 9.80 Å². The quantitative estimate of drug-likeness (QED) is 0.479. The summed E-state index contributed by atoms with van der Waals surface area (Å²) in [7, 11) is 3.64. The Labute approximate surface area is 260 Å². The van der Waals surface area contributed by atoms with Gasteiger partial charge in [-0.25, -0.2) is 4.79 Å². The van der Waals surface area contributed by atoms with Gasteiger partial charge >= 0.3 is 11.9 Å². The third kappa shape index (κ3) is 4.24. The molecule has 0 aliphatic carbocycles. The van der Waals surface area contributed by atoms with Crippen LogP contribution in [0.2, 0.25) is 0 Å². The first kappa shape index (κ1) is 29.4. The number of esters is 2. The van der Waals surface area contributed by atoms with Crippen molar-refractivity contribution in [3.05, 3.63) is 39.4 Å². The highest BCUT2D eigenvalue weighted by Crippen LogP contribution is 2.62. The maximum absolute atomic E-state index is 13.3. The monoisotopic (exact) mass is 626 g/mol. The average Bonchev–Trinajstić information content (AvgIpc) is 3.47. The fraction of sp³-hybridized carbons (Fsp3) is 0.562. The largest absolute Gasteiger partial charge is 0.507 e. The van der Waals surface area contributed by atoms with E-state index in [0.29, 0.717) is 41.3 Å². The molecule has 2 fully saturated rings. The normalized spacial score (nSPS) is 28.9. The summed E-state index contributed by atoms with van der Waals surface area (Å²) in [5.41, 5.74) is 4.82. The molecule has 12 heteroatoms. The predicted octanol–water partition coefficient (Wildman–Crippen LogP) is 3.83. The van der Waals surface area contributed by atoms with E-state index in [9.17, 15) is 19.8 Å². The smallest absolute Gasteiger partial charge is 0.348 e. The number of phenolic OH excluding ortho intramolecular Hbond substituents is 2. The summed E-state index contributed by atoms with van der Waals surface area (Å²) >= 11 is 1.45. The number of fused-ring (bicyclic) bond motifs is 10. The molecule has 44 heavy (non-hydrogen) atoms. The van der Waals surface area contributed by atoms with Gasteiger partial charge in [-0.3, -0.25) is 14.6 Å². The molecule has 6 aliphatic rings. The lowest BCUT2D eigenvalue weighted by Crippen LogP contribution is -2.65. The molecule has 0 amide bonds. The van der Waals surface area contributed by atoms with E-state index < -0.39 is 29.3 Å². The molecule has 2 aromatic carbocycles. The van der Waals surface area contributed by atoms with Gasteiger partial charge in [-0.05, 0) is 44.9 Å². The van der Waals surface area contributed by atoms with Crippen molar-refractivity contribution in [2.75, 3.05) is 39.9 Å². The third-order valence-electron chi connectivity index (χ3n) is 9.89. The highest BCUT2D eigenvalue weighted by atomic mass is 32.2. The molecule has 0 radical (unpaired) electrons. The van der Waals surface area contributed by atoms with Gasteiger partial charge in [0.1, 0.15) is 12.4 Å². The first-order valence-corrected chi connectivity index (χ1v) is 16.2. The van der Waals surface area contributed by atoms with Crippen molar-refractivity contribution < 1.29 is 43.5 Å². The van der Waals surface area contributed by atoms with Gasteiger partial charge in [0.25, 0.3) is 0 Å². The molecule has 0 aromatic heterocycles. The van der Waals surface area contributed by atoms with Crippen LogP contribution in [0.1, 0.15) is 70.5 Å². The van der Waals surface area contributed by atoms with E-state index in [0.717, 1.165) is 28.7 Å². The number of nitrogens with zero attached hydrogens (tertiary/aromatic N) is 2. The van der Waals surface area contributed by atoms with Crippen LogP contribution in [0, 0.1) is 13.8 Å². The van der Waals surface area contributed by atoms with E-state index in [4.69, 9.17) is 23.7 Å². The van der Waals surface area contributed by atoms with E-state index in [2.05, 4.69) is 22.9 Å². The van der Waals surface area contributed by atoms with Crippen LogP contribution in [0.25, 0.3) is 0 Å². The molecule has 11 nitrogen and oxygen atoms in total. The number of piperazine rings is 1. The molecule has 0 spiro atoms. The number of aryl methyl sites for hydroxylation is 1. The van der Waals surface area contributed by atoms with Crippen molar-refractivity contribution in [3.63, 3.8) is 0 Å². The Balaban J connectivity index is 1.43. The van der Waals surface area contributed by atoms with Crippen molar-refractivity contribution in [2.45, 2.75) is 75.6 Å². The fourth-order valence-electron chi connectivity index (χ4n) is 7.93. The van der Waals surface area contributed by atoms with Gasteiger partial charge in [0, 0.05) is 53.1 Å². The van der Waals surface area contributed by atoms with Gasteiger partial charge in [0.15, 0.2) is 23.0 Å². The number of hydrogen-bond donors (Lipinski definition) is 2. The van der Waals surface area contributed by atoms with Crippen LogP contribution in [0.5, 0.6) is 28.7 Å². The summed E-state index contributed by atoms with van der Waals surface area (Å²) in [4.78, 5) is 30.5. The Bertz CT molecular complexity index is 1550. The lowest BCUT2D eigenvalue weighted by atomic mass is 9.73. The molecular formula is C32H38N2O9S. The predicted molar refractivity (Wildman–Crippen MR) is 161 cm³/mol. The fourth-order valence-corrected chi connectivity index (χ4v) is 9.42. The molecule has 236 valence electrons. The van der Waals surface area contributed by atoms with Crippen LogP contribution in [0.4, 0.5) is 0 Å². The van der Waals surface area contributed by atoms with Gasteiger partial charge in [0.05, 0.1) is 24.4 Å². The van der Waals surface area contributed by atoms with Crippen molar-refractivity contribution in [1.29, 1.82) is 0 Å². The SMILES string of the molecule is CCCC(=O)O[C@H]1CS[C@@H]2c3c(O)c(C)c4c(c3[C@H](COC1=O)N1C[C@@H]3Cc5cc(C)c(OC)c(O)c5[C@H](C21)N3C)OCO4. The third-order valence-corrected chi connectivity index (χ3v) is 11.3. The number of carbonyl (C=O) groups is 2. The number of thioether (sulfide) groups is 1. The molecule has 6 aliphatic heterocycles. The van der Waals surface area contributed by atoms with Gasteiger partial charge in [-0.15, -0.1) is 11.8 Å². The van der Waals surface area contributed by atoms with Gasteiger partial charge in [-0.1, -0.05) is 13.0 Å². The van der Waals surface area contributed by atoms with Crippen LogP contribution in [-0.2, 0) is 25.5 Å². The summed E-state index contributed by atoms with van der Waals surface area (Å²) in [6, 6.07) is 1.22. The van der Waals surface area contributed by atoms with E-state index in [-0.39, 0.29) is 55.2 Å². The standard InChI is InChI=1S/C32H38N2O9S/c1-6-7-20(35)43-19-12-44-31-23-22(30-29(41-13-42-30)15(3)26(23)36)18(11-40-32(19)38)34-10-17-9-16-8-14(2)28(39-5)27(37)21(16)24(25(31)34)33(17)4/h8,17-19,24-25,31,36-37H,6-7,9-13H2,1-5H3/t17-,18-,19-,24+,25?,31+/m0/s1. The van der Waals surface area contributed by atoms with Crippen LogP contribution in [0.15, 0.2) is 6.07 Å². The second kappa shape index (κ2) is 10.9. The van der Waals surface area contributed by atoms with Crippen molar-refractivity contribution in [2.24, 2.45) is 0 Å². The number of aromatic hydroxyl groups is 2. The van der Waals surface area contributed by atoms with Crippen LogP contribution >= 0.6 is 11.8 Å². The van der Waals surface area contributed by atoms with Crippen LogP contribution in [-0.4, -0.2) is 90.0 Å². The maximum atomic E-state index is 13.3. The summed E-state index contributed by atoms with van der Waals surface area (Å²) in [6.07, 6.45) is 0.447. The number of ether oxygens (including phenoxy) is 5. The van der Waals surface area contributed by atoms with Crippen molar-refractivity contribution in [3.8, 4) is 28.7 Å². The van der Waals surface area contributed by atoms with Crippen LogP contribution < -0.4 is 14.2 Å². The minimum atomic E-state index is -1.09. The number of phenols is 2. The molecule has 2 saturated heterocycles. The molecule has 2 N–H and O–H groups in total. The lowest BCUT2D eigenvalue weighted by molar-refractivity contribution is -0.168. The maximum Gasteiger partial charge on any atom is 0.348 e. The summed E-state index contributed by atoms with van der Waals surface area (Å²) in [6.45, 7) is 6.30. The minimum absolute atomic E-state index is 0.0287. The second-order valence-electron chi connectivity index (χ2n) is 12.3. The second-order valence-corrected chi connectivity index (χ2v) is 13.5. The van der Waals surface area contributed by atoms with Crippen LogP contribution in [0.3, 0.4) is 0 Å². The summed E-state index contributed by atoms with van der Waals surface area (Å²) < 4.78 is 29.1. The molecule has 0 saturated carbocycles. The molecule has 2 aromatic rings. The zero-order valence-electron chi connectivity index (χ0n) is 25.5. The Hall–Kier alpha value is -3.35. The van der Waals surface area contributed by atoms with Gasteiger partial charge in [-0.2, -0.15) is 0 Å². The lowest BCUT2D eigenvalue weighted by Gasteiger charge is -2.60. The highest BCUT2D eigenvalue weighted by Gasteiger charge is 2.57. The summed E-state index contributed by atoms with van der Waals surface area (Å²) in [5, 5.41) is 23.1. The zero-order valence-corrected chi connectivity index (χ0v) is 26.4. The highest BCUT2D eigenvalue weighted by molar-refractivity contribution is 7.99. The number of benzene rings is 2. The number of likely N-dealkylation sites (N-methyl/N-ethyl adjacent to an activating group) is 1. The number of hydrogen-bond acceptors (Lipinski definition) is 12. The minimum Gasteiger partial charge on any atom is -0.507 e. The Morgan fingerprint density at radius 2 is 1.89 bits per heavy atom.